The molecule has 2 rings (SSSR count). The van der Waals surface area contributed by atoms with Crippen LogP contribution in [-0.2, 0) is 14.4 Å². The van der Waals surface area contributed by atoms with Crippen molar-refractivity contribution in [3.05, 3.63) is 34.9 Å². The summed E-state index contributed by atoms with van der Waals surface area (Å²) in [6.45, 7) is 2.52. The van der Waals surface area contributed by atoms with Crippen LogP contribution >= 0.6 is 11.6 Å². The van der Waals surface area contributed by atoms with Gasteiger partial charge < -0.3 is 15.0 Å². The first-order valence-corrected chi connectivity index (χ1v) is 7.47. The lowest BCUT2D eigenvalue weighted by molar-refractivity contribution is -0.153. The monoisotopic (exact) mass is 337 g/mol. The Morgan fingerprint density at radius 2 is 2.09 bits per heavy atom. The van der Waals surface area contributed by atoms with Crippen LogP contribution in [0.1, 0.15) is 18.5 Å². The van der Waals surface area contributed by atoms with E-state index in [-0.39, 0.29) is 13.1 Å². The summed E-state index contributed by atoms with van der Waals surface area (Å²) in [5.74, 6) is -1.62. The molecule has 0 bridgehead atoms. The molecule has 1 unspecified atom stereocenters. The number of halogens is 1. The zero-order chi connectivity index (χ0) is 17.0. The van der Waals surface area contributed by atoms with Crippen LogP contribution in [0, 0.1) is 0 Å². The Hall–Kier alpha value is -2.41. The number of carbonyl (C=O) groups excluding carboxylic acids is 4. The highest BCUT2D eigenvalue weighted by molar-refractivity contribution is 6.38. The van der Waals surface area contributed by atoms with Crippen LogP contribution < -0.4 is 5.32 Å². The molecule has 122 valence electrons. The summed E-state index contributed by atoms with van der Waals surface area (Å²) in [5.41, 5.74) is 0.492. The fraction of sp³-hybridized carbons (Fsp3) is 0.333. The number of nitrogens with zero attached hydrogens (tertiary/aromatic N) is 2. The fourth-order valence-electron chi connectivity index (χ4n) is 2.28. The van der Waals surface area contributed by atoms with Crippen molar-refractivity contribution in [2.45, 2.75) is 13.0 Å². The van der Waals surface area contributed by atoms with Crippen LogP contribution in [0.4, 0.5) is 4.79 Å². The minimum absolute atomic E-state index is 0.0887. The van der Waals surface area contributed by atoms with Crippen LogP contribution in [0.5, 0.6) is 0 Å². The number of likely N-dealkylation sites (N-methyl/N-ethyl adjacent to an activating group) is 1. The normalized spacial score (nSPS) is 16.3. The van der Waals surface area contributed by atoms with Gasteiger partial charge in [-0.2, -0.15) is 0 Å². The maximum absolute atomic E-state index is 12.2. The van der Waals surface area contributed by atoms with Crippen molar-refractivity contribution in [3.8, 4) is 0 Å². The van der Waals surface area contributed by atoms with Crippen molar-refractivity contribution in [2.24, 2.45) is 0 Å². The molecule has 8 heteroatoms. The Morgan fingerprint density at radius 1 is 1.35 bits per heavy atom. The Morgan fingerprint density at radius 3 is 2.70 bits per heavy atom. The van der Waals surface area contributed by atoms with Gasteiger partial charge in [-0.05, 0) is 24.6 Å². The lowest BCUT2D eigenvalue weighted by Crippen LogP contribution is -2.58. The molecule has 1 heterocycles. The third-order valence-electron chi connectivity index (χ3n) is 3.56. The van der Waals surface area contributed by atoms with Gasteiger partial charge in [-0.25, -0.2) is 4.79 Å². The van der Waals surface area contributed by atoms with Gasteiger partial charge >= 0.3 is 17.8 Å². The van der Waals surface area contributed by atoms with Gasteiger partial charge in [0.15, 0.2) is 0 Å². The quantitative estimate of drug-likeness (QED) is 0.655. The zero-order valence-electron chi connectivity index (χ0n) is 12.5. The molecule has 0 aromatic heterocycles. The number of hydrogen-bond donors (Lipinski definition) is 1. The van der Waals surface area contributed by atoms with Crippen molar-refractivity contribution in [1.82, 2.24) is 15.1 Å². The Labute approximate surface area is 138 Å². The molecule has 0 radical (unpaired) electrons. The summed E-state index contributed by atoms with van der Waals surface area (Å²) in [6.07, 6.45) is 0.540. The van der Waals surface area contributed by atoms with Crippen LogP contribution in [0.3, 0.4) is 0 Å². The molecule has 1 aromatic carbocycles. The van der Waals surface area contributed by atoms with E-state index in [1.807, 2.05) is 0 Å². The van der Waals surface area contributed by atoms with E-state index in [9.17, 15) is 19.2 Å². The third kappa shape index (κ3) is 3.68. The van der Waals surface area contributed by atoms with E-state index in [2.05, 4.69) is 5.32 Å². The second-order valence-electron chi connectivity index (χ2n) is 4.96. The SMILES string of the molecule is CCN1CCN(C(=O)NC(C=O)c2cccc(Cl)c2)C(=O)C1=O. The predicted molar refractivity (Wildman–Crippen MR) is 82.8 cm³/mol. The van der Waals surface area contributed by atoms with Gasteiger partial charge in [0.25, 0.3) is 0 Å². The first-order valence-electron chi connectivity index (χ1n) is 7.10. The number of nitrogens with one attached hydrogen (secondary N) is 1. The highest BCUT2D eigenvalue weighted by atomic mass is 35.5. The summed E-state index contributed by atoms with van der Waals surface area (Å²) in [4.78, 5) is 49.4. The van der Waals surface area contributed by atoms with E-state index < -0.39 is 23.9 Å². The second-order valence-corrected chi connectivity index (χ2v) is 5.40. The molecule has 1 aliphatic heterocycles. The average Bonchev–Trinajstić information content (AvgIpc) is 2.54. The Bertz CT molecular complexity index is 649. The number of amides is 4. The molecule has 7 nitrogen and oxygen atoms in total. The van der Waals surface area contributed by atoms with Crippen molar-refractivity contribution in [3.63, 3.8) is 0 Å². The summed E-state index contributed by atoms with van der Waals surface area (Å²) in [6, 6.07) is 4.73. The van der Waals surface area contributed by atoms with Gasteiger partial charge in [-0.15, -0.1) is 0 Å². The molecule has 1 aliphatic rings. The number of piperazine rings is 1. The lowest BCUT2D eigenvalue weighted by atomic mass is 10.1. The van der Waals surface area contributed by atoms with E-state index >= 15 is 0 Å². The van der Waals surface area contributed by atoms with Crippen molar-refractivity contribution >= 4 is 35.7 Å². The summed E-state index contributed by atoms with van der Waals surface area (Å²) < 4.78 is 0. The highest BCUT2D eigenvalue weighted by Gasteiger charge is 2.36. The molecule has 1 saturated heterocycles. The van der Waals surface area contributed by atoms with Crippen molar-refractivity contribution in [1.29, 1.82) is 0 Å². The topological polar surface area (TPSA) is 86.8 Å². The van der Waals surface area contributed by atoms with Gasteiger partial charge in [0, 0.05) is 24.7 Å². The number of rotatable bonds is 4. The number of carbonyl (C=O) groups is 4. The van der Waals surface area contributed by atoms with Gasteiger partial charge in [0.1, 0.15) is 12.3 Å². The van der Waals surface area contributed by atoms with Crippen LogP contribution in [0.25, 0.3) is 0 Å². The van der Waals surface area contributed by atoms with E-state index in [0.29, 0.717) is 23.4 Å². The fourth-order valence-corrected chi connectivity index (χ4v) is 2.48. The lowest BCUT2D eigenvalue weighted by Gasteiger charge is -2.32. The molecular formula is C15H16ClN3O4. The smallest absolute Gasteiger partial charge is 0.325 e. The van der Waals surface area contributed by atoms with Crippen molar-refractivity contribution < 1.29 is 19.2 Å². The Balaban J connectivity index is 2.10. The molecule has 1 fully saturated rings. The van der Waals surface area contributed by atoms with E-state index in [0.717, 1.165) is 4.90 Å². The minimum atomic E-state index is -0.951. The van der Waals surface area contributed by atoms with Gasteiger partial charge in [0.2, 0.25) is 0 Å². The average molecular weight is 338 g/mol. The maximum Gasteiger partial charge on any atom is 0.325 e. The number of urea groups is 1. The second kappa shape index (κ2) is 7.23. The summed E-state index contributed by atoms with van der Waals surface area (Å²) >= 11 is 5.86. The van der Waals surface area contributed by atoms with E-state index in [1.165, 1.54) is 4.90 Å². The molecule has 4 amide bonds. The van der Waals surface area contributed by atoms with Crippen molar-refractivity contribution in [2.75, 3.05) is 19.6 Å². The minimum Gasteiger partial charge on any atom is -0.333 e. The zero-order valence-corrected chi connectivity index (χ0v) is 13.2. The Kier molecular flexibility index (Phi) is 5.33. The first-order chi connectivity index (χ1) is 11.0. The van der Waals surface area contributed by atoms with E-state index in [1.54, 1.807) is 31.2 Å². The standard InChI is InChI=1S/C15H16ClN3O4/c1-2-18-6-7-19(14(22)13(18)21)15(23)17-12(9-20)10-4-3-5-11(16)8-10/h3-5,8-9,12H,2,6-7H2,1H3,(H,17,23). The van der Waals surface area contributed by atoms with Gasteiger partial charge in [-0.3, -0.25) is 14.5 Å². The summed E-state index contributed by atoms with van der Waals surface area (Å²) in [5, 5.41) is 2.86. The predicted octanol–water partition coefficient (Wildman–Crippen LogP) is 0.980. The molecule has 1 N–H and O–H groups in total. The number of hydrogen-bond acceptors (Lipinski definition) is 4. The van der Waals surface area contributed by atoms with Gasteiger partial charge in [-0.1, -0.05) is 23.7 Å². The third-order valence-corrected chi connectivity index (χ3v) is 3.79. The van der Waals surface area contributed by atoms with Crippen LogP contribution in [0.15, 0.2) is 24.3 Å². The molecule has 23 heavy (non-hydrogen) atoms. The molecule has 0 aliphatic carbocycles. The maximum atomic E-state index is 12.2. The largest absolute Gasteiger partial charge is 0.333 e. The van der Waals surface area contributed by atoms with Crippen LogP contribution in [0.2, 0.25) is 5.02 Å². The molecule has 1 aromatic rings. The number of benzene rings is 1. The van der Waals surface area contributed by atoms with E-state index in [4.69, 9.17) is 11.6 Å². The van der Waals surface area contributed by atoms with Crippen LogP contribution in [-0.4, -0.2) is 53.6 Å². The molecule has 1 atom stereocenters. The number of aldehydes is 1. The molecule has 0 spiro atoms. The highest BCUT2D eigenvalue weighted by Crippen LogP contribution is 2.17. The molecule has 0 saturated carbocycles. The van der Waals surface area contributed by atoms with Gasteiger partial charge in [0.05, 0.1) is 0 Å². The summed E-state index contributed by atoms with van der Waals surface area (Å²) in [7, 11) is 0. The first kappa shape index (κ1) is 17.0. The molecular weight excluding hydrogens is 322 g/mol. The number of imide groups is 1.